The van der Waals surface area contributed by atoms with Gasteiger partial charge in [-0.3, -0.25) is 9.78 Å². The van der Waals surface area contributed by atoms with Gasteiger partial charge in [-0.25, -0.2) is 8.42 Å². The Labute approximate surface area is 201 Å². The van der Waals surface area contributed by atoms with Gasteiger partial charge in [0.05, 0.1) is 16.3 Å². The first-order chi connectivity index (χ1) is 16.4. The van der Waals surface area contributed by atoms with Crippen molar-refractivity contribution in [2.24, 2.45) is 5.92 Å². The van der Waals surface area contributed by atoms with E-state index in [4.69, 9.17) is 0 Å². The zero-order valence-electron chi connectivity index (χ0n) is 19.4. The standard InChI is InChI=1S/C26H30N4O3S/c1-20-18-25(23-11-5-6-12-24(23)27-20)28-14-16-29(17-15-28)26(31)21-8-7-13-30(19-21)34(32,33)22-9-3-2-4-10-22/h2-6,9-12,18,21H,7-8,13-17,19H2,1H3. The van der Waals surface area contributed by atoms with E-state index in [-0.39, 0.29) is 23.3 Å². The van der Waals surface area contributed by atoms with E-state index in [1.165, 1.54) is 4.31 Å². The molecule has 0 aliphatic carbocycles. The molecule has 7 nitrogen and oxygen atoms in total. The number of piperazine rings is 1. The average Bonchev–Trinajstić information content (AvgIpc) is 2.88. The number of hydrogen-bond donors (Lipinski definition) is 0. The van der Waals surface area contributed by atoms with E-state index in [1.807, 2.05) is 30.0 Å². The van der Waals surface area contributed by atoms with E-state index >= 15 is 0 Å². The molecule has 1 atom stereocenters. The van der Waals surface area contributed by atoms with E-state index in [0.29, 0.717) is 26.1 Å². The number of sulfonamides is 1. The minimum absolute atomic E-state index is 0.0726. The highest BCUT2D eigenvalue weighted by atomic mass is 32.2. The molecule has 1 amide bonds. The van der Waals surface area contributed by atoms with Crippen molar-refractivity contribution in [3.05, 3.63) is 66.4 Å². The molecule has 2 aliphatic rings. The van der Waals surface area contributed by atoms with Gasteiger partial charge in [-0.1, -0.05) is 36.4 Å². The summed E-state index contributed by atoms with van der Waals surface area (Å²) in [6.07, 6.45) is 1.43. The summed E-state index contributed by atoms with van der Waals surface area (Å²) in [7, 11) is -3.58. The summed E-state index contributed by atoms with van der Waals surface area (Å²) in [5.41, 5.74) is 3.13. The van der Waals surface area contributed by atoms with E-state index < -0.39 is 10.0 Å². The van der Waals surface area contributed by atoms with Crippen LogP contribution in [0.3, 0.4) is 0 Å². The van der Waals surface area contributed by atoms with E-state index in [0.717, 1.165) is 41.8 Å². The summed E-state index contributed by atoms with van der Waals surface area (Å²) in [6.45, 7) is 5.49. The number of rotatable bonds is 4. The van der Waals surface area contributed by atoms with Gasteiger partial charge in [-0.15, -0.1) is 0 Å². The van der Waals surface area contributed by atoms with Crippen molar-refractivity contribution in [1.29, 1.82) is 0 Å². The second kappa shape index (κ2) is 9.35. The second-order valence-electron chi connectivity index (χ2n) is 9.13. The summed E-state index contributed by atoms with van der Waals surface area (Å²) in [6, 6.07) is 18.8. The summed E-state index contributed by atoms with van der Waals surface area (Å²) in [4.78, 5) is 22.5. The van der Waals surface area contributed by atoms with Crippen molar-refractivity contribution in [2.75, 3.05) is 44.2 Å². The molecule has 8 heteroatoms. The average molecular weight is 479 g/mol. The summed E-state index contributed by atoms with van der Waals surface area (Å²) in [5, 5.41) is 1.13. The summed E-state index contributed by atoms with van der Waals surface area (Å²) >= 11 is 0. The molecular weight excluding hydrogens is 448 g/mol. The molecule has 3 heterocycles. The normalized spacial score (nSPS) is 20.0. The van der Waals surface area contributed by atoms with Gasteiger partial charge in [0.2, 0.25) is 15.9 Å². The number of benzene rings is 2. The van der Waals surface area contributed by atoms with Crippen LogP contribution in [0.4, 0.5) is 5.69 Å². The number of anilines is 1. The smallest absolute Gasteiger partial charge is 0.243 e. The lowest BCUT2D eigenvalue weighted by atomic mass is 9.97. The highest BCUT2D eigenvalue weighted by Gasteiger charge is 2.36. The number of aryl methyl sites for hydroxylation is 1. The van der Waals surface area contributed by atoms with Gasteiger partial charge in [0, 0.05) is 56.0 Å². The molecule has 2 fully saturated rings. The Kier molecular flexibility index (Phi) is 6.27. The Morgan fingerprint density at radius 2 is 1.65 bits per heavy atom. The van der Waals surface area contributed by atoms with Crippen LogP contribution in [-0.4, -0.2) is 67.8 Å². The van der Waals surface area contributed by atoms with Gasteiger partial charge >= 0.3 is 0 Å². The number of para-hydroxylation sites is 1. The fourth-order valence-electron chi connectivity index (χ4n) is 5.08. The lowest BCUT2D eigenvalue weighted by Gasteiger charge is -2.39. The molecular formula is C26H30N4O3S. The highest BCUT2D eigenvalue weighted by Crippen LogP contribution is 2.29. The monoisotopic (exact) mass is 478 g/mol. The Balaban J connectivity index is 1.26. The molecule has 2 aromatic carbocycles. The molecule has 34 heavy (non-hydrogen) atoms. The minimum Gasteiger partial charge on any atom is -0.367 e. The van der Waals surface area contributed by atoms with E-state index in [2.05, 4.69) is 22.0 Å². The van der Waals surface area contributed by atoms with E-state index in [9.17, 15) is 13.2 Å². The van der Waals surface area contributed by atoms with Gasteiger partial charge < -0.3 is 9.80 Å². The zero-order chi connectivity index (χ0) is 23.7. The lowest BCUT2D eigenvalue weighted by Crippen LogP contribution is -2.53. The Bertz CT molecular complexity index is 1290. The molecule has 1 aromatic heterocycles. The molecule has 0 bridgehead atoms. The summed E-state index contributed by atoms with van der Waals surface area (Å²) < 4.78 is 27.6. The fraction of sp³-hybridized carbons (Fsp3) is 0.385. The third-order valence-electron chi connectivity index (χ3n) is 6.87. The second-order valence-corrected chi connectivity index (χ2v) is 11.1. The predicted molar refractivity (Wildman–Crippen MR) is 133 cm³/mol. The fourth-order valence-corrected chi connectivity index (χ4v) is 6.62. The minimum atomic E-state index is -3.58. The van der Waals surface area contributed by atoms with Crippen LogP contribution in [0, 0.1) is 12.8 Å². The first-order valence-electron chi connectivity index (χ1n) is 11.9. The first-order valence-corrected chi connectivity index (χ1v) is 13.3. The number of pyridine rings is 1. The largest absolute Gasteiger partial charge is 0.367 e. The van der Waals surface area contributed by atoms with Crippen molar-refractivity contribution in [3.8, 4) is 0 Å². The van der Waals surface area contributed by atoms with Gasteiger partial charge in [-0.2, -0.15) is 4.31 Å². The maximum atomic E-state index is 13.3. The number of carbonyl (C=O) groups excluding carboxylic acids is 1. The molecule has 0 radical (unpaired) electrons. The third kappa shape index (κ3) is 4.40. The van der Waals surface area contributed by atoms with Gasteiger partial charge in [-0.05, 0) is 44.0 Å². The highest BCUT2D eigenvalue weighted by molar-refractivity contribution is 7.89. The van der Waals surface area contributed by atoms with Gasteiger partial charge in [0.25, 0.3) is 0 Å². The van der Waals surface area contributed by atoms with E-state index in [1.54, 1.807) is 30.3 Å². The maximum Gasteiger partial charge on any atom is 0.243 e. The van der Waals surface area contributed by atoms with Crippen LogP contribution < -0.4 is 4.90 Å². The van der Waals surface area contributed by atoms with Crippen molar-refractivity contribution >= 4 is 32.5 Å². The number of piperidine rings is 1. The number of fused-ring (bicyclic) bond motifs is 1. The molecule has 0 spiro atoms. The molecule has 0 saturated carbocycles. The SMILES string of the molecule is Cc1cc(N2CCN(C(=O)C3CCCN(S(=O)(=O)c4ccccc4)C3)CC2)c2ccccc2n1. The van der Waals surface area contributed by atoms with Crippen LogP contribution in [-0.2, 0) is 14.8 Å². The topological polar surface area (TPSA) is 73.8 Å². The predicted octanol–water partition coefficient (Wildman–Crippen LogP) is 3.29. The van der Waals surface area contributed by atoms with Gasteiger partial charge in [0.15, 0.2) is 0 Å². The van der Waals surface area contributed by atoms with Crippen molar-refractivity contribution in [3.63, 3.8) is 0 Å². The Hall–Kier alpha value is -2.97. The van der Waals surface area contributed by atoms with Crippen LogP contribution in [0.15, 0.2) is 65.6 Å². The van der Waals surface area contributed by atoms with Crippen molar-refractivity contribution in [1.82, 2.24) is 14.2 Å². The van der Waals surface area contributed by atoms with Crippen LogP contribution in [0.2, 0.25) is 0 Å². The third-order valence-corrected chi connectivity index (χ3v) is 8.75. The number of amides is 1. The molecule has 2 aliphatic heterocycles. The Morgan fingerprint density at radius 1 is 0.941 bits per heavy atom. The maximum absolute atomic E-state index is 13.3. The number of aromatic nitrogens is 1. The van der Waals surface area contributed by atoms with Crippen LogP contribution >= 0.6 is 0 Å². The van der Waals surface area contributed by atoms with Crippen LogP contribution in [0.5, 0.6) is 0 Å². The lowest BCUT2D eigenvalue weighted by molar-refractivity contribution is -0.137. The first kappa shape index (κ1) is 22.8. The number of carbonyl (C=O) groups is 1. The molecule has 3 aromatic rings. The van der Waals surface area contributed by atoms with Crippen molar-refractivity contribution in [2.45, 2.75) is 24.7 Å². The number of hydrogen-bond acceptors (Lipinski definition) is 5. The number of nitrogens with zero attached hydrogens (tertiary/aromatic N) is 4. The molecule has 2 saturated heterocycles. The van der Waals surface area contributed by atoms with Crippen LogP contribution in [0.1, 0.15) is 18.5 Å². The quantitative estimate of drug-likeness (QED) is 0.575. The molecule has 1 unspecified atom stereocenters. The van der Waals surface area contributed by atoms with Crippen molar-refractivity contribution < 1.29 is 13.2 Å². The van der Waals surface area contributed by atoms with Gasteiger partial charge in [0.1, 0.15) is 0 Å². The molecule has 0 N–H and O–H groups in total. The molecule has 5 rings (SSSR count). The summed E-state index contributed by atoms with van der Waals surface area (Å²) in [5.74, 6) is -0.217. The Morgan fingerprint density at radius 3 is 2.41 bits per heavy atom. The van der Waals surface area contributed by atoms with Crippen LogP contribution in [0.25, 0.3) is 10.9 Å². The zero-order valence-corrected chi connectivity index (χ0v) is 20.2. The molecule has 178 valence electrons.